The molecular formula is C32H30ClF4N9O5. The van der Waals surface area contributed by atoms with E-state index in [4.69, 9.17) is 21.3 Å². The lowest BCUT2D eigenvalue weighted by Crippen LogP contribution is -2.50. The summed E-state index contributed by atoms with van der Waals surface area (Å²) in [4.78, 5) is 52.0. The van der Waals surface area contributed by atoms with Crippen LogP contribution in [0.2, 0.25) is 5.02 Å². The number of carbonyl (C=O) groups excluding carboxylic acids is 2. The molecule has 0 unspecified atom stereocenters. The molecule has 3 amide bonds. The summed E-state index contributed by atoms with van der Waals surface area (Å²) < 4.78 is 61.7. The van der Waals surface area contributed by atoms with Crippen molar-refractivity contribution < 1.29 is 37.0 Å². The van der Waals surface area contributed by atoms with Crippen LogP contribution in [-0.4, -0.2) is 85.5 Å². The lowest BCUT2D eigenvalue weighted by molar-refractivity contribution is -0.137. The zero-order valence-electron chi connectivity index (χ0n) is 26.9. The van der Waals surface area contributed by atoms with E-state index < -0.39 is 47.1 Å². The Balaban J connectivity index is 1.22. The lowest BCUT2D eigenvalue weighted by Gasteiger charge is -2.37. The average molecular weight is 732 g/mol. The largest absolute Gasteiger partial charge is 0.503 e. The smallest absolute Gasteiger partial charge is 0.416 e. The number of hydrogen-bond donors (Lipinski definition) is 3. The van der Waals surface area contributed by atoms with Gasteiger partial charge in [0.15, 0.2) is 11.6 Å². The van der Waals surface area contributed by atoms with Gasteiger partial charge in [-0.3, -0.25) is 14.2 Å². The number of aromatic nitrogens is 5. The number of nitrogens with one attached hydrogen (secondary N) is 2. The Morgan fingerprint density at radius 3 is 2.59 bits per heavy atom. The first kappa shape index (κ1) is 34.2. The molecule has 0 aliphatic carbocycles. The molecule has 6 heterocycles. The number of nitrogens with zero attached hydrogens (tertiary/aromatic N) is 7. The molecule has 0 bridgehead atoms. The maximum atomic E-state index is 14.3. The number of rotatable bonds is 5. The number of piperazine rings is 1. The first-order valence-electron chi connectivity index (χ1n) is 16.0. The van der Waals surface area contributed by atoms with Gasteiger partial charge >= 0.3 is 12.2 Å². The van der Waals surface area contributed by atoms with Gasteiger partial charge in [-0.1, -0.05) is 24.6 Å². The third kappa shape index (κ3) is 6.33. The summed E-state index contributed by atoms with van der Waals surface area (Å²) in [6.45, 7) is 3.37. The van der Waals surface area contributed by atoms with Crippen LogP contribution in [0.4, 0.5) is 33.7 Å². The fraction of sp³-hybridized carbons (Fsp3) is 0.375. The first-order valence-corrected chi connectivity index (χ1v) is 16.3. The van der Waals surface area contributed by atoms with Crippen LogP contribution in [0.15, 0.2) is 41.3 Å². The van der Waals surface area contributed by atoms with Crippen molar-refractivity contribution in [3.05, 3.63) is 80.5 Å². The van der Waals surface area contributed by atoms with Crippen LogP contribution in [0.5, 0.6) is 5.75 Å². The number of benzene rings is 1. The number of alkyl halides is 3. The molecular weight excluding hydrogens is 702 g/mol. The molecule has 3 aromatic heterocycles. The highest BCUT2D eigenvalue weighted by Crippen LogP contribution is 2.41. The number of fused-ring (bicyclic) bond motifs is 3. The maximum absolute atomic E-state index is 14.3. The van der Waals surface area contributed by atoms with Gasteiger partial charge in [0, 0.05) is 38.3 Å². The molecule has 3 aliphatic rings. The normalized spacial score (nSPS) is 19.2. The lowest BCUT2D eigenvalue weighted by atomic mass is 10.0. The topological polar surface area (TPSA) is 159 Å². The second-order valence-electron chi connectivity index (χ2n) is 12.3. The van der Waals surface area contributed by atoms with E-state index in [0.717, 1.165) is 30.0 Å². The molecule has 2 atom stereocenters. The zero-order valence-corrected chi connectivity index (χ0v) is 27.6. The molecule has 1 aromatic carbocycles. The number of carbonyl (C=O) groups is 2. The predicted octanol–water partition coefficient (Wildman–Crippen LogP) is 4.40. The van der Waals surface area contributed by atoms with Crippen molar-refractivity contribution in [1.29, 1.82) is 0 Å². The number of halogens is 5. The van der Waals surface area contributed by atoms with Crippen LogP contribution in [0, 0.1) is 5.95 Å². The molecule has 0 saturated carbocycles. The van der Waals surface area contributed by atoms with E-state index in [1.165, 1.54) is 15.5 Å². The van der Waals surface area contributed by atoms with Crippen molar-refractivity contribution in [3.8, 4) is 5.75 Å². The van der Waals surface area contributed by atoms with E-state index in [1.54, 1.807) is 4.57 Å². The van der Waals surface area contributed by atoms with E-state index >= 15 is 0 Å². The minimum Gasteiger partial charge on any atom is -0.503 e. The monoisotopic (exact) mass is 731 g/mol. The van der Waals surface area contributed by atoms with Gasteiger partial charge in [-0.05, 0) is 42.7 Å². The van der Waals surface area contributed by atoms with Crippen LogP contribution in [-0.2, 0) is 10.9 Å². The first-order chi connectivity index (χ1) is 24.3. The molecule has 1 fully saturated rings. The minimum atomic E-state index is -4.61. The standard InChI is InChI=1S/C32H30ClF4N9O5/c1-16-14-22(40-30(50)39-21-3-2-18(15-20(21)33)32(35,36)37)45-23(16)24(29(49)46-31(45)41-27(42-46)17-5-12-51-13-6-17)43-8-10-44(11-9-43)28(48)19-4-7-38-26(34)25(19)47/h2-5,7,15-16,22,47H,6,8-14H2,1H3,(H2,39,40,50)/t16-,22-/m1/s1. The molecule has 3 N–H and O–H groups in total. The molecule has 1 saturated heterocycles. The molecule has 7 rings (SSSR count). The van der Waals surface area contributed by atoms with Crippen molar-refractivity contribution in [2.24, 2.45) is 0 Å². The number of amides is 3. The van der Waals surface area contributed by atoms with Crippen LogP contribution >= 0.6 is 11.6 Å². The summed E-state index contributed by atoms with van der Waals surface area (Å²) in [6, 6.07) is 3.07. The Bertz CT molecular complexity index is 2150. The number of aromatic hydroxyl groups is 1. The molecule has 0 spiro atoms. The molecule has 51 heavy (non-hydrogen) atoms. The van der Waals surface area contributed by atoms with Crippen molar-refractivity contribution in [3.63, 3.8) is 0 Å². The summed E-state index contributed by atoms with van der Waals surface area (Å²) in [7, 11) is 0. The number of ether oxygens (including phenoxy) is 1. The Hall–Kier alpha value is -5.23. The molecule has 3 aliphatic heterocycles. The quantitative estimate of drug-likeness (QED) is 0.200. The fourth-order valence-electron chi connectivity index (χ4n) is 6.65. The predicted molar refractivity (Wildman–Crippen MR) is 175 cm³/mol. The van der Waals surface area contributed by atoms with Crippen molar-refractivity contribution in [1.82, 2.24) is 34.4 Å². The van der Waals surface area contributed by atoms with Crippen molar-refractivity contribution in [2.45, 2.75) is 38.0 Å². The van der Waals surface area contributed by atoms with E-state index in [-0.39, 0.29) is 54.1 Å². The summed E-state index contributed by atoms with van der Waals surface area (Å²) >= 11 is 6.08. The second kappa shape index (κ2) is 13.1. The fourth-order valence-corrected chi connectivity index (χ4v) is 6.88. The third-order valence-electron chi connectivity index (χ3n) is 9.14. The van der Waals surface area contributed by atoms with Crippen LogP contribution in [0.25, 0.3) is 11.4 Å². The van der Waals surface area contributed by atoms with Gasteiger partial charge in [0.05, 0.1) is 40.7 Å². The van der Waals surface area contributed by atoms with Crippen LogP contribution in [0.1, 0.15) is 59.3 Å². The highest BCUT2D eigenvalue weighted by molar-refractivity contribution is 6.33. The number of hydrogen-bond acceptors (Lipinski definition) is 9. The summed E-state index contributed by atoms with van der Waals surface area (Å²) in [6.07, 6.45) is -1.62. The summed E-state index contributed by atoms with van der Waals surface area (Å²) in [5.41, 5.74) is -0.0300. The minimum absolute atomic E-state index is 0.0364. The van der Waals surface area contributed by atoms with Gasteiger partial charge < -0.3 is 30.3 Å². The zero-order chi connectivity index (χ0) is 36.2. The highest BCUT2D eigenvalue weighted by atomic mass is 35.5. The Morgan fingerprint density at radius 1 is 1.14 bits per heavy atom. The SMILES string of the molecule is C[C@@H]1C[C@H](NC(=O)Nc2ccc(C(F)(F)F)cc2Cl)n2c1c(N1CCN(C(=O)c3ccnc(F)c3O)CC1)c(=O)n1nc(C3=CCOCC3)nc21. The molecule has 14 nitrogen and oxygen atoms in total. The maximum Gasteiger partial charge on any atom is 0.416 e. The van der Waals surface area contributed by atoms with Crippen molar-refractivity contribution >= 4 is 46.3 Å². The summed E-state index contributed by atoms with van der Waals surface area (Å²) in [5.74, 6) is -2.39. The van der Waals surface area contributed by atoms with E-state index in [0.29, 0.717) is 43.3 Å². The Labute approximate surface area is 291 Å². The van der Waals surface area contributed by atoms with E-state index in [2.05, 4.69) is 20.7 Å². The Morgan fingerprint density at radius 2 is 1.90 bits per heavy atom. The molecule has 19 heteroatoms. The number of urea groups is 1. The highest BCUT2D eigenvalue weighted by Gasteiger charge is 2.39. The molecule has 4 aromatic rings. The van der Waals surface area contributed by atoms with Gasteiger partial charge in [-0.25, -0.2) is 9.78 Å². The Kier molecular flexibility index (Phi) is 8.82. The summed E-state index contributed by atoms with van der Waals surface area (Å²) in [5, 5.41) is 19.7. The third-order valence-corrected chi connectivity index (χ3v) is 9.46. The van der Waals surface area contributed by atoms with E-state index in [1.807, 2.05) is 17.9 Å². The van der Waals surface area contributed by atoms with Gasteiger partial charge in [0.1, 0.15) is 11.9 Å². The second-order valence-corrected chi connectivity index (χ2v) is 12.7. The van der Waals surface area contributed by atoms with Crippen molar-refractivity contribution in [2.75, 3.05) is 49.6 Å². The van der Waals surface area contributed by atoms with Gasteiger partial charge in [0.2, 0.25) is 5.78 Å². The van der Waals surface area contributed by atoms with Gasteiger partial charge in [0.25, 0.3) is 17.4 Å². The van der Waals surface area contributed by atoms with Crippen LogP contribution in [0.3, 0.4) is 0 Å². The average Bonchev–Trinajstić information content (AvgIpc) is 3.68. The number of anilines is 2. The molecule has 268 valence electrons. The van der Waals surface area contributed by atoms with E-state index in [9.17, 15) is 37.1 Å². The van der Waals surface area contributed by atoms with Gasteiger partial charge in [-0.2, -0.15) is 27.1 Å². The van der Waals surface area contributed by atoms with Crippen LogP contribution < -0.4 is 21.1 Å². The van der Waals surface area contributed by atoms with Gasteiger partial charge in [-0.15, -0.1) is 5.10 Å². The molecule has 0 radical (unpaired) electrons. The number of pyridine rings is 1.